The average molecular weight is 257 g/mol. The van der Waals surface area contributed by atoms with Gasteiger partial charge in [-0.15, -0.1) is 0 Å². The number of carbonyl (C=O) groups is 2. The van der Waals surface area contributed by atoms with Crippen molar-refractivity contribution in [1.82, 2.24) is 0 Å². The van der Waals surface area contributed by atoms with Gasteiger partial charge in [-0.1, -0.05) is 12.1 Å². The van der Waals surface area contributed by atoms with E-state index in [0.29, 0.717) is 12.2 Å². The predicted molar refractivity (Wildman–Crippen MR) is 46.7 cm³/mol. The van der Waals surface area contributed by atoms with E-state index in [1.54, 1.807) is 6.92 Å². The Bertz CT molecular complexity index is 345. The van der Waals surface area contributed by atoms with E-state index in [9.17, 15) is 14.7 Å². The van der Waals surface area contributed by atoms with Gasteiger partial charge in [0.1, 0.15) is 0 Å². The Labute approximate surface area is 97.7 Å². The van der Waals surface area contributed by atoms with Crippen LogP contribution in [0.2, 0.25) is 0 Å². The Morgan fingerprint density at radius 1 is 1.20 bits per heavy atom. The third kappa shape index (κ3) is 3.73. The molecule has 0 unspecified atom stereocenters. The van der Waals surface area contributed by atoms with Gasteiger partial charge in [-0.3, -0.25) is 0 Å². The average Bonchev–Trinajstić information content (AvgIpc) is 2.18. The number of carboxylic acid groups (broad SMARTS) is 1. The number of benzene rings is 1. The molecule has 0 atom stereocenters. The molecule has 0 saturated carbocycles. The van der Waals surface area contributed by atoms with Gasteiger partial charge in [0.05, 0.1) is 18.1 Å². The van der Waals surface area contributed by atoms with Crippen LogP contribution in [-0.2, 0) is 21.8 Å². The molecule has 0 bridgehead atoms. The second kappa shape index (κ2) is 6.22. The zero-order valence-corrected chi connectivity index (χ0v) is 8.89. The van der Waals surface area contributed by atoms with Gasteiger partial charge in [-0.25, -0.2) is 4.79 Å². The molecule has 4 nitrogen and oxygen atoms in total. The molecule has 0 fully saturated rings. The van der Waals surface area contributed by atoms with Crippen LogP contribution in [-0.4, -0.2) is 18.5 Å². The van der Waals surface area contributed by atoms with Crippen molar-refractivity contribution in [1.29, 1.82) is 0 Å². The molecule has 15 heavy (non-hydrogen) atoms. The molecule has 0 N–H and O–H groups in total. The molecule has 1 rings (SSSR count). The van der Waals surface area contributed by atoms with E-state index < -0.39 is 11.9 Å². The van der Waals surface area contributed by atoms with Crippen molar-refractivity contribution in [3.05, 3.63) is 35.4 Å². The van der Waals surface area contributed by atoms with Gasteiger partial charge in [-0.05, 0) is 24.6 Å². The van der Waals surface area contributed by atoms with Crippen molar-refractivity contribution in [2.45, 2.75) is 6.92 Å². The Balaban J connectivity index is 0.00000196. The van der Waals surface area contributed by atoms with Crippen LogP contribution in [0.3, 0.4) is 0 Å². The number of hydrogen-bond donors (Lipinski definition) is 0. The van der Waals surface area contributed by atoms with E-state index in [4.69, 9.17) is 4.74 Å². The van der Waals surface area contributed by atoms with Gasteiger partial charge in [0.25, 0.3) is 0 Å². The maximum Gasteiger partial charge on any atom is 2.00 e. The van der Waals surface area contributed by atoms with E-state index in [1.165, 1.54) is 24.3 Å². The van der Waals surface area contributed by atoms with Crippen LogP contribution in [0.4, 0.5) is 0 Å². The number of rotatable bonds is 3. The zero-order chi connectivity index (χ0) is 10.6. The fraction of sp³-hybridized carbons (Fsp3) is 0.200. The summed E-state index contributed by atoms with van der Waals surface area (Å²) in [5, 5.41) is 10.4. The van der Waals surface area contributed by atoms with E-state index >= 15 is 0 Å². The van der Waals surface area contributed by atoms with Gasteiger partial charge >= 0.3 is 23.0 Å². The summed E-state index contributed by atoms with van der Waals surface area (Å²) in [6.07, 6.45) is 0. The number of aromatic carboxylic acids is 1. The molecule has 0 amide bonds. The first-order chi connectivity index (χ1) is 6.65. The van der Waals surface area contributed by atoms with Crippen LogP contribution >= 0.6 is 0 Å². The second-order valence-corrected chi connectivity index (χ2v) is 2.59. The normalized spacial score (nSPS) is 8.87. The minimum absolute atomic E-state index is 0. The van der Waals surface area contributed by atoms with E-state index in [2.05, 4.69) is 0 Å². The molecule has 83 valence electrons. The monoisotopic (exact) mass is 256 g/mol. The molecule has 0 aliphatic carbocycles. The van der Waals surface area contributed by atoms with Crippen molar-refractivity contribution >= 4 is 11.9 Å². The maximum absolute atomic E-state index is 11.1. The van der Waals surface area contributed by atoms with Crippen LogP contribution in [0.1, 0.15) is 27.6 Å². The molecule has 1 radical (unpaired) electrons. The first kappa shape index (κ1) is 13.7. The number of hydrogen-bond acceptors (Lipinski definition) is 4. The molecule has 0 aliphatic rings. The van der Waals surface area contributed by atoms with E-state index in [0.717, 1.165) is 0 Å². The standard InChI is InChI=1S/C10H10O4.Cu/c1-2-14-10(13)8-5-3-7(4-6-8)9(11)12;/h3-6H,2H2,1H3,(H,11,12);/q;+2/p-1. The van der Waals surface area contributed by atoms with Gasteiger partial charge in [-0.2, -0.15) is 0 Å². The topological polar surface area (TPSA) is 66.4 Å². The predicted octanol–water partition coefficient (Wildman–Crippen LogP) is 0.224. The molecule has 1 aromatic carbocycles. The molecule has 0 heterocycles. The van der Waals surface area contributed by atoms with Crippen LogP contribution in [0.25, 0.3) is 0 Å². The van der Waals surface area contributed by atoms with Crippen molar-refractivity contribution in [2.24, 2.45) is 0 Å². The summed E-state index contributed by atoms with van der Waals surface area (Å²) in [5.41, 5.74) is 0.370. The van der Waals surface area contributed by atoms with Gasteiger partial charge in [0, 0.05) is 0 Å². The third-order valence-electron chi connectivity index (χ3n) is 1.63. The number of carboxylic acids is 1. The molecular weight excluding hydrogens is 248 g/mol. The quantitative estimate of drug-likeness (QED) is 0.573. The van der Waals surface area contributed by atoms with Gasteiger partial charge < -0.3 is 14.6 Å². The van der Waals surface area contributed by atoms with E-state index in [1.807, 2.05) is 0 Å². The number of esters is 1. The summed E-state index contributed by atoms with van der Waals surface area (Å²) in [6, 6.07) is 5.40. The van der Waals surface area contributed by atoms with Crippen LogP contribution in [0.15, 0.2) is 24.3 Å². The molecule has 1 aromatic rings. The summed E-state index contributed by atoms with van der Waals surface area (Å²) < 4.78 is 4.73. The van der Waals surface area contributed by atoms with Gasteiger partial charge in [0.15, 0.2) is 0 Å². The molecule has 5 heteroatoms. The van der Waals surface area contributed by atoms with Crippen molar-refractivity contribution in [3.8, 4) is 0 Å². The molecular formula is C10H9CuO4+. The molecule has 0 aliphatic heterocycles. The van der Waals surface area contributed by atoms with Crippen LogP contribution in [0, 0.1) is 0 Å². The smallest absolute Gasteiger partial charge is 0.545 e. The SMILES string of the molecule is CCOC(=O)c1ccc(C(=O)[O-])cc1.[Cu+2]. The van der Waals surface area contributed by atoms with E-state index in [-0.39, 0.29) is 22.6 Å². The van der Waals surface area contributed by atoms with Crippen LogP contribution < -0.4 is 5.11 Å². The molecule has 0 spiro atoms. The van der Waals surface area contributed by atoms with Gasteiger partial charge in [0.2, 0.25) is 0 Å². The molecule has 0 aromatic heterocycles. The number of carbonyl (C=O) groups excluding carboxylic acids is 2. The second-order valence-electron chi connectivity index (χ2n) is 2.59. The fourth-order valence-corrected chi connectivity index (χ4v) is 0.957. The maximum atomic E-state index is 11.1. The molecule has 0 saturated heterocycles. The summed E-state index contributed by atoms with van der Waals surface area (Å²) in [5.74, 6) is -1.72. The minimum Gasteiger partial charge on any atom is -0.545 e. The summed E-state index contributed by atoms with van der Waals surface area (Å²) in [6.45, 7) is 1.99. The zero-order valence-electron chi connectivity index (χ0n) is 7.95. The minimum atomic E-state index is -1.26. The van der Waals surface area contributed by atoms with Crippen LogP contribution in [0.5, 0.6) is 0 Å². The fourth-order valence-electron chi connectivity index (χ4n) is 0.957. The third-order valence-corrected chi connectivity index (χ3v) is 1.63. The van der Waals surface area contributed by atoms with Crippen molar-refractivity contribution in [3.63, 3.8) is 0 Å². The Morgan fingerprint density at radius 2 is 1.67 bits per heavy atom. The summed E-state index contributed by atoms with van der Waals surface area (Å²) in [4.78, 5) is 21.5. The van der Waals surface area contributed by atoms with Crippen molar-refractivity contribution in [2.75, 3.05) is 6.61 Å². The first-order valence-corrected chi connectivity index (χ1v) is 4.13. The number of ether oxygens (including phenoxy) is 1. The first-order valence-electron chi connectivity index (χ1n) is 4.13. The largest absolute Gasteiger partial charge is 2.00 e. The summed E-state index contributed by atoms with van der Waals surface area (Å²) >= 11 is 0. The Hall–Kier alpha value is -1.32. The Kier molecular flexibility index (Phi) is 5.67. The Morgan fingerprint density at radius 3 is 2.07 bits per heavy atom. The van der Waals surface area contributed by atoms with Crippen molar-refractivity contribution < 1.29 is 36.5 Å². The summed E-state index contributed by atoms with van der Waals surface area (Å²) in [7, 11) is 0.